The van der Waals surface area contributed by atoms with Crippen LogP contribution in [0.2, 0.25) is 5.02 Å². The van der Waals surface area contributed by atoms with Crippen LogP contribution in [0.4, 0.5) is 0 Å². The molecule has 3 rings (SSSR count). The van der Waals surface area contributed by atoms with E-state index >= 15 is 0 Å². The zero-order valence-corrected chi connectivity index (χ0v) is 11.3. The van der Waals surface area contributed by atoms with Gasteiger partial charge in [0.2, 0.25) is 0 Å². The third kappa shape index (κ3) is 2.26. The van der Waals surface area contributed by atoms with Gasteiger partial charge in [-0.2, -0.15) is 0 Å². The molecule has 1 aromatic carbocycles. The average Bonchev–Trinajstić information content (AvgIpc) is 3.17. The van der Waals surface area contributed by atoms with Gasteiger partial charge in [0.25, 0.3) is 0 Å². The largest absolute Gasteiger partial charge is 0.296 e. The number of carbonyl (C=O) groups excluding carboxylic acids is 1. The van der Waals surface area contributed by atoms with Crippen LogP contribution in [0.25, 0.3) is 11.3 Å². The molecule has 4 heteroatoms. The van der Waals surface area contributed by atoms with Gasteiger partial charge in [-0.05, 0) is 36.0 Å². The number of carbonyl (C=O) groups is 1. The molecule has 1 saturated carbocycles. The van der Waals surface area contributed by atoms with Crippen molar-refractivity contribution >= 4 is 17.9 Å². The Morgan fingerprint density at radius 1 is 1.26 bits per heavy atom. The molecule has 0 saturated heterocycles. The number of hydrogen-bond acceptors (Lipinski definition) is 3. The maximum atomic E-state index is 10.7. The highest BCUT2D eigenvalue weighted by Gasteiger charge is 2.40. The molecule has 0 radical (unpaired) electrons. The highest BCUT2D eigenvalue weighted by Crippen LogP contribution is 2.50. The first-order valence-electron chi connectivity index (χ1n) is 6.20. The molecule has 0 unspecified atom stereocenters. The molecule has 0 spiro atoms. The van der Waals surface area contributed by atoms with E-state index in [-0.39, 0.29) is 5.41 Å². The van der Waals surface area contributed by atoms with Gasteiger partial charge in [0.1, 0.15) is 12.0 Å². The SMILES string of the molecule is CC1(c2ccc(-c3cc(C=O)ncn3)cc2Cl)CC1. The maximum Gasteiger partial charge on any atom is 0.168 e. The molecule has 0 aliphatic heterocycles. The summed E-state index contributed by atoms with van der Waals surface area (Å²) >= 11 is 6.36. The van der Waals surface area contributed by atoms with Crippen molar-refractivity contribution in [1.29, 1.82) is 0 Å². The standard InChI is InChI=1S/C15H13ClN2O/c1-15(4-5-15)12-3-2-10(6-13(12)16)14-7-11(8-19)17-9-18-14/h2-3,6-9H,4-5H2,1H3. The summed E-state index contributed by atoms with van der Waals surface area (Å²) in [7, 11) is 0. The van der Waals surface area contributed by atoms with Crippen LogP contribution in [0.3, 0.4) is 0 Å². The van der Waals surface area contributed by atoms with E-state index in [1.54, 1.807) is 6.07 Å². The van der Waals surface area contributed by atoms with Crippen molar-refractivity contribution < 1.29 is 4.79 Å². The summed E-state index contributed by atoms with van der Waals surface area (Å²) in [6.07, 6.45) is 4.49. The van der Waals surface area contributed by atoms with Crippen LogP contribution in [0.5, 0.6) is 0 Å². The quantitative estimate of drug-likeness (QED) is 0.801. The smallest absolute Gasteiger partial charge is 0.168 e. The van der Waals surface area contributed by atoms with Gasteiger partial charge in [-0.1, -0.05) is 30.7 Å². The predicted octanol–water partition coefficient (Wildman–Crippen LogP) is 3.66. The Morgan fingerprint density at radius 3 is 2.68 bits per heavy atom. The van der Waals surface area contributed by atoms with Crippen LogP contribution in [0.1, 0.15) is 35.8 Å². The summed E-state index contributed by atoms with van der Waals surface area (Å²) in [6, 6.07) is 7.64. The van der Waals surface area contributed by atoms with Crippen LogP contribution in [0, 0.1) is 0 Å². The van der Waals surface area contributed by atoms with E-state index in [2.05, 4.69) is 23.0 Å². The molecule has 1 aliphatic rings. The Labute approximate surface area is 116 Å². The van der Waals surface area contributed by atoms with Gasteiger partial charge in [-0.3, -0.25) is 4.79 Å². The van der Waals surface area contributed by atoms with Gasteiger partial charge in [0.15, 0.2) is 6.29 Å². The number of halogens is 1. The zero-order chi connectivity index (χ0) is 13.5. The van der Waals surface area contributed by atoms with Crippen LogP contribution >= 0.6 is 11.6 Å². The van der Waals surface area contributed by atoms with Crippen LogP contribution in [0.15, 0.2) is 30.6 Å². The van der Waals surface area contributed by atoms with E-state index in [0.29, 0.717) is 17.7 Å². The van der Waals surface area contributed by atoms with Crippen molar-refractivity contribution in [2.75, 3.05) is 0 Å². The Bertz CT molecular complexity index is 650. The number of aldehydes is 1. The lowest BCUT2D eigenvalue weighted by Crippen LogP contribution is -2.00. The highest BCUT2D eigenvalue weighted by atomic mass is 35.5. The van der Waals surface area contributed by atoms with Crippen molar-refractivity contribution in [2.45, 2.75) is 25.2 Å². The molecular weight excluding hydrogens is 260 g/mol. The fourth-order valence-electron chi connectivity index (χ4n) is 2.22. The van der Waals surface area contributed by atoms with Gasteiger partial charge < -0.3 is 0 Å². The van der Waals surface area contributed by atoms with Crippen LogP contribution in [-0.4, -0.2) is 16.3 Å². The first-order chi connectivity index (χ1) is 9.12. The Balaban J connectivity index is 2.01. The Hall–Kier alpha value is -1.74. The molecule has 1 heterocycles. The second-order valence-electron chi connectivity index (χ2n) is 5.20. The first kappa shape index (κ1) is 12.3. The number of benzene rings is 1. The lowest BCUT2D eigenvalue weighted by atomic mass is 9.96. The summed E-state index contributed by atoms with van der Waals surface area (Å²) in [5.41, 5.74) is 3.44. The van der Waals surface area contributed by atoms with Crippen molar-refractivity contribution in [3.05, 3.63) is 46.9 Å². The van der Waals surface area contributed by atoms with E-state index in [9.17, 15) is 4.79 Å². The number of hydrogen-bond donors (Lipinski definition) is 0. The predicted molar refractivity (Wildman–Crippen MR) is 74.5 cm³/mol. The Morgan fingerprint density at radius 2 is 2.05 bits per heavy atom. The van der Waals surface area contributed by atoms with Crippen molar-refractivity contribution in [3.63, 3.8) is 0 Å². The van der Waals surface area contributed by atoms with E-state index in [1.165, 1.54) is 24.7 Å². The maximum absolute atomic E-state index is 10.7. The number of nitrogens with zero attached hydrogens (tertiary/aromatic N) is 2. The average molecular weight is 273 g/mol. The minimum Gasteiger partial charge on any atom is -0.296 e. The topological polar surface area (TPSA) is 42.9 Å². The lowest BCUT2D eigenvalue weighted by Gasteiger charge is -2.12. The van der Waals surface area contributed by atoms with E-state index in [0.717, 1.165) is 10.6 Å². The molecule has 1 aliphatic carbocycles. The minimum atomic E-state index is 0.245. The van der Waals surface area contributed by atoms with Crippen molar-refractivity contribution in [1.82, 2.24) is 9.97 Å². The van der Waals surface area contributed by atoms with Gasteiger partial charge in [0.05, 0.1) is 5.69 Å². The number of rotatable bonds is 3. The van der Waals surface area contributed by atoms with E-state index in [1.807, 2.05) is 12.1 Å². The summed E-state index contributed by atoms with van der Waals surface area (Å²) in [4.78, 5) is 18.8. The third-order valence-electron chi connectivity index (χ3n) is 3.72. The normalized spacial score (nSPS) is 16.1. The second kappa shape index (κ2) is 4.42. The highest BCUT2D eigenvalue weighted by molar-refractivity contribution is 6.31. The van der Waals surface area contributed by atoms with Gasteiger partial charge >= 0.3 is 0 Å². The van der Waals surface area contributed by atoms with Gasteiger partial charge in [-0.25, -0.2) is 9.97 Å². The summed E-state index contributed by atoms with van der Waals surface area (Å²) in [5.74, 6) is 0. The summed E-state index contributed by atoms with van der Waals surface area (Å²) in [6.45, 7) is 2.23. The van der Waals surface area contributed by atoms with Crippen molar-refractivity contribution in [3.8, 4) is 11.3 Å². The minimum absolute atomic E-state index is 0.245. The summed E-state index contributed by atoms with van der Waals surface area (Å²) < 4.78 is 0. The molecule has 0 atom stereocenters. The van der Waals surface area contributed by atoms with Crippen LogP contribution < -0.4 is 0 Å². The fraction of sp³-hybridized carbons (Fsp3) is 0.267. The molecule has 96 valence electrons. The molecule has 3 nitrogen and oxygen atoms in total. The second-order valence-corrected chi connectivity index (χ2v) is 5.61. The van der Waals surface area contributed by atoms with Crippen LogP contribution in [-0.2, 0) is 5.41 Å². The fourth-order valence-corrected chi connectivity index (χ4v) is 2.62. The lowest BCUT2D eigenvalue weighted by molar-refractivity contribution is 0.111. The van der Waals surface area contributed by atoms with E-state index in [4.69, 9.17) is 11.6 Å². The van der Waals surface area contributed by atoms with E-state index < -0.39 is 0 Å². The Kier molecular flexibility index (Phi) is 2.86. The molecule has 2 aromatic rings. The van der Waals surface area contributed by atoms with Gasteiger partial charge in [-0.15, -0.1) is 0 Å². The van der Waals surface area contributed by atoms with Crippen molar-refractivity contribution in [2.24, 2.45) is 0 Å². The molecule has 0 amide bonds. The molecule has 1 aromatic heterocycles. The number of aromatic nitrogens is 2. The zero-order valence-electron chi connectivity index (χ0n) is 10.6. The monoisotopic (exact) mass is 272 g/mol. The summed E-state index contributed by atoms with van der Waals surface area (Å²) in [5, 5.41) is 0.767. The molecule has 0 bridgehead atoms. The van der Waals surface area contributed by atoms with Gasteiger partial charge in [0, 0.05) is 10.6 Å². The molecular formula is C15H13ClN2O. The first-order valence-corrected chi connectivity index (χ1v) is 6.58. The third-order valence-corrected chi connectivity index (χ3v) is 4.04. The molecule has 19 heavy (non-hydrogen) atoms. The molecule has 0 N–H and O–H groups in total. The molecule has 1 fully saturated rings.